The van der Waals surface area contributed by atoms with Crippen molar-refractivity contribution in [3.63, 3.8) is 0 Å². The van der Waals surface area contributed by atoms with Gasteiger partial charge >= 0.3 is 12.4 Å². The fourth-order valence-electron chi connectivity index (χ4n) is 6.31. The summed E-state index contributed by atoms with van der Waals surface area (Å²) in [6.07, 6.45) is -0.595. The number of thioether (sulfide) groups is 1. The van der Waals surface area contributed by atoms with Crippen LogP contribution in [0.25, 0.3) is 10.9 Å². The third kappa shape index (κ3) is 9.04. The maximum atomic E-state index is 14.0. The maximum Gasteiger partial charge on any atom is 0.416 e. The lowest BCUT2D eigenvalue weighted by molar-refractivity contribution is -0.143. The number of nitrogens with zero attached hydrogens (tertiary/aromatic N) is 5. The van der Waals surface area contributed by atoms with Gasteiger partial charge in [-0.2, -0.15) is 38.1 Å². The summed E-state index contributed by atoms with van der Waals surface area (Å²) in [6.45, 7) is 5.46. The van der Waals surface area contributed by atoms with Gasteiger partial charge in [0.1, 0.15) is 11.6 Å². The molecule has 50 heavy (non-hydrogen) atoms. The fourth-order valence-corrected chi connectivity index (χ4v) is 6.56. The molecule has 0 N–H and O–H groups in total. The molecule has 5 rings (SSSR count). The normalized spacial score (nSPS) is 14.6. The van der Waals surface area contributed by atoms with Gasteiger partial charge in [0.2, 0.25) is 5.95 Å². The lowest BCUT2D eigenvalue weighted by Crippen LogP contribution is -2.33. The molecule has 1 fully saturated rings. The summed E-state index contributed by atoms with van der Waals surface area (Å²) >= 11 is 1.60. The van der Waals surface area contributed by atoms with Gasteiger partial charge in [-0.15, -0.1) is 0 Å². The molecule has 270 valence electrons. The zero-order valence-electron chi connectivity index (χ0n) is 28.4. The molecule has 0 bridgehead atoms. The average molecular weight is 722 g/mol. The number of halogens is 6. The summed E-state index contributed by atoms with van der Waals surface area (Å²) in [5, 5.41) is 0.768. The number of methoxy groups -OCH3 is 1. The zero-order chi connectivity index (χ0) is 36.1. The summed E-state index contributed by atoms with van der Waals surface area (Å²) in [5.41, 5.74) is -1.52. The van der Waals surface area contributed by atoms with Crippen molar-refractivity contribution >= 4 is 34.4 Å². The number of hydrogen-bond donors (Lipinski definition) is 0. The Morgan fingerprint density at radius 2 is 1.58 bits per heavy atom. The third-order valence-corrected chi connectivity index (χ3v) is 9.62. The van der Waals surface area contributed by atoms with E-state index >= 15 is 0 Å². The second-order valence-corrected chi connectivity index (χ2v) is 13.4. The van der Waals surface area contributed by atoms with Crippen molar-refractivity contribution in [3.05, 3.63) is 77.1 Å². The highest BCUT2D eigenvalue weighted by Crippen LogP contribution is 2.40. The van der Waals surface area contributed by atoms with Crippen LogP contribution in [0.15, 0.2) is 54.9 Å². The SMILES string of the molecule is CCN(CC1CCCC1)c1nc2ccc(OC)cc2cc1CN(c1ncc(OCCSC)cn1)C(C)c1cc(C(F)(F)F)cc(C(F)(F)F)c1. The summed E-state index contributed by atoms with van der Waals surface area (Å²) in [7, 11) is 1.56. The summed E-state index contributed by atoms with van der Waals surface area (Å²) in [4.78, 5) is 17.9. The molecule has 1 saturated carbocycles. The molecule has 1 unspecified atom stereocenters. The molecular formula is C36H41F6N5O2S. The first-order valence-electron chi connectivity index (χ1n) is 16.5. The minimum Gasteiger partial charge on any atom is -0.497 e. The third-order valence-electron chi connectivity index (χ3n) is 9.04. The minimum atomic E-state index is -5.00. The van der Waals surface area contributed by atoms with Crippen LogP contribution in [0.2, 0.25) is 0 Å². The Labute approximate surface area is 292 Å². The van der Waals surface area contributed by atoms with Crippen LogP contribution in [0.3, 0.4) is 0 Å². The first-order chi connectivity index (χ1) is 23.8. The lowest BCUT2D eigenvalue weighted by Gasteiger charge is -2.33. The average Bonchev–Trinajstić information content (AvgIpc) is 3.61. The van der Waals surface area contributed by atoms with Crippen molar-refractivity contribution in [1.29, 1.82) is 0 Å². The number of rotatable bonds is 14. The van der Waals surface area contributed by atoms with Gasteiger partial charge in [0.05, 0.1) is 55.3 Å². The summed E-state index contributed by atoms with van der Waals surface area (Å²) in [6, 6.07) is 8.11. The van der Waals surface area contributed by atoms with E-state index in [4.69, 9.17) is 14.5 Å². The molecule has 7 nitrogen and oxygen atoms in total. The highest BCUT2D eigenvalue weighted by Gasteiger charge is 2.38. The molecule has 2 aromatic heterocycles. The van der Waals surface area contributed by atoms with Crippen molar-refractivity contribution in [3.8, 4) is 11.5 Å². The van der Waals surface area contributed by atoms with Crippen LogP contribution in [0.4, 0.5) is 38.1 Å². The largest absolute Gasteiger partial charge is 0.497 e. The molecule has 1 aliphatic rings. The molecule has 1 aliphatic carbocycles. The molecule has 14 heteroatoms. The van der Waals surface area contributed by atoms with Crippen molar-refractivity contribution in [1.82, 2.24) is 15.0 Å². The van der Waals surface area contributed by atoms with E-state index in [-0.39, 0.29) is 24.1 Å². The fraction of sp³-hybridized carbons (Fsp3) is 0.472. The van der Waals surface area contributed by atoms with Crippen molar-refractivity contribution in [2.24, 2.45) is 5.92 Å². The second kappa shape index (κ2) is 15.9. The molecule has 0 amide bonds. The molecule has 0 saturated heterocycles. The van der Waals surface area contributed by atoms with Crippen molar-refractivity contribution < 1.29 is 35.8 Å². The number of hydrogen-bond acceptors (Lipinski definition) is 8. The van der Waals surface area contributed by atoms with Gasteiger partial charge < -0.3 is 19.3 Å². The molecule has 0 spiro atoms. The van der Waals surface area contributed by atoms with Gasteiger partial charge in [-0.05, 0) is 86.9 Å². The van der Waals surface area contributed by atoms with Crippen LogP contribution in [-0.2, 0) is 18.9 Å². The van der Waals surface area contributed by atoms with Gasteiger partial charge in [-0.25, -0.2) is 15.0 Å². The number of pyridine rings is 1. The predicted molar refractivity (Wildman–Crippen MR) is 185 cm³/mol. The van der Waals surface area contributed by atoms with Gasteiger partial charge in [-0.1, -0.05) is 12.8 Å². The van der Waals surface area contributed by atoms with Crippen LogP contribution < -0.4 is 19.3 Å². The van der Waals surface area contributed by atoms with Crippen LogP contribution in [-0.4, -0.2) is 53.8 Å². The zero-order valence-corrected chi connectivity index (χ0v) is 29.3. The Morgan fingerprint density at radius 1 is 0.920 bits per heavy atom. The van der Waals surface area contributed by atoms with Gasteiger partial charge in [-0.3, -0.25) is 0 Å². The van der Waals surface area contributed by atoms with Crippen molar-refractivity contribution in [2.45, 2.75) is 64.5 Å². The van der Waals surface area contributed by atoms with Gasteiger partial charge in [0.15, 0.2) is 5.75 Å². The van der Waals surface area contributed by atoms with E-state index in [0.717, 1.165) is 61.0 Å². The van der Waals surface area contributed by atoms with E-state index in [1.807, 2.05) is 37.4 Å². The number of fused-ring (bicyclic) bond motifs is 1. The number of ether oxygens (including phenoxy) is 2. The molecule has 2 aromatic carbocycles. The van der Waals surface area contributed by atoms with Crippen LogP contribution in [0.1, 0.15) is 67.8 Å². The Bertz CT molecular complexity index is 1700. The minimum absolute atomic E-state index is 0.0299. The Balaban J connectivity index is 1.64. The molecule has 2 heterocycles. The molecule has 1 atom stereocenters. The Morgan fingerprint density at radius 3 is 2.16 bits per heavy atom. The number of anilines is 2. The molecule has 4 aromatic rings. The van der Waals surface area contributed by atoms with Crippen LogP contribution in [0, 0.1) is 5.92 Å². The number of benzene rings is 2. The molecular weight excluding hydrogens is 680 g/mol. The standard InChI is InChI=1S/C36H41F6N5O2S/c1-5-46(21-24-8-6-7-9-24)33-27(14-26-17-30(48-3)10-11-32(26)45-33)22-47(34-43-19-31(20-44-34)49-12-13-50-4)23(2)25-15-28(35(37,38)39)18-29(16-25)36(40,41)42/h10-11,14-20,23-24H,5-9,12-13,21-22H2,1-4H3. The topological polar surface area (TPSA) is 63.6 Å². The highest BCUT2D eigenvalue weighted by atomic mass is 32.2. The first kappa shape index (κ1) is 37.3. The summed E-state index contributed by atoms with van der Waals surface area (Å²) < 4.78 is 94.9. The van der Waals surface area contributed by atoms with E-state index < -0.39 is 29.5 Å². The Hall–Kier alpha value is -3.94. The second-order valence-electron chi connectivity index (χ2n) is 12.4. The lowest BCUT2D eigenvalue weighted by atomic mass is 9.99. The highest BCUT2D eigenvalue weighted by molar-refractivity contribution is 7.98. The maximum absolute atomic E-state index is 14.0. The Kier molecular flexibility index (Phi) is 11.9. The van der Waals surface area contributed by atoms with E-state index in [1.54, 1.807) is 30.7 Å². The first-order valence-corrected chi connectivity index (χ1v) is 17.9. The monoisotopic (exact) mass is 721 g/mol. The molecule has 0 aliphatic heterocycles. The summed E-state index contributed by atoms with van der Waals surface area (Å²) in [5.74, 6) is 3.02. The van der Waals surface area contributed by atoms with E-state index in [0.29, 0.717) is 41.9 Å². The number of aromatic nitrogens is 3. The van der Waals surface area contributed by atoms with Crippen LogP contribution >= 0.6 is 11.8 Å². The van der Waals surface area contributed by atoms with Crippen LogP contribution in [0.5, 0.6) is 11.5 Å². The predicted octanol–water partition coefficient (Wildman–Crippen LogP) is 9.60. The van der Waals surface area contributed by atoms with E-state index in [1.165, 1.54) is 12.4 Å². The van der Waals surface area contributed by atoms with E-state index in [2.05, 4.69) is 14.9 Å². The van der Waals surface area contributed by atoms with Gasteiger partial charge in [0, 0.05) is 29.8 Å². The number of alkyl halides is 6. The smallest absolute Gasteiger partial charge is 0.416 e. The van der Waals surface area contributed by atoms with E-state index in [9.17, 15) is 26.3 Å². The quantitative estimate of drug-likeness (QED) is 0.0943. The van der Waals surface area contributed by atoms with Gasteiger partial charge in [0.25, 0.3) is 0 Å². The molecule has 0 radical (unpaired) electrons. The van der Waals surface area contributed by atoms with Crippen molar-refractivity contribution in [2.75, 3.05) is 48.6 Å².